The first-order valence-electron chi connectivity index (χ1n) is 4.27. The van der Waals surface area contributed by atoms with Crippen molar-refractivity contribution in [2.45, 2.75) is 12.8 Å². The van der Waals surface area contributed by atoms with E-state index >= 15 is 0 Å². The zero-order chi connectivity index (χ0) is 10.6. The van der Waals surface area contributed by atoms with E-state index in [9.17, 15) is 4.79 Å². The lowest BCUT2D eigenvalue weighted by Crippen LogP contribution is -2.16. The molecule has 1 aromatic carbocycles. The molecule has 0 unspecified atom stereocenters. The Morgan fingerprint density at radius 2 is 2.07 bits per heavy atom. The number of ether oxygens (including phenoxy) is 1. The number of rotatable bonds is 3. The van der Waals surface area contributed by atoms with Crippen LogP contribution in [0, 0.1) is 0 Å². The largest absolute Gasteiger partial charge is 0.449 e. The lowest BCUT2D eigenvalue weighted by Gasteiger charge is -2.11. The minimum atomic E-state index is -0.728. The average molecular weight is 258 g/mol. The summed E-state index contributed by atoms with van der Waals surface area (Å²) in [7, 11) is 0. The van der Waals surface area contributed by atoms with Crippen molar-refractivity contribution in [3.8, 4) is 0 Å². The highest BCUT2D eigenvalue weighted by atomic mass is 79.9. The fraction of sp³-hybridized carbons (Fsp3) is 0.300. The molecular formula is C10H12BrNO2. The molecule has 0 aliphatic carbocycles. The molecule has 2 N–H and O–H groups in total. The number of benzene rings is 1. The van der Waals surface area contributed by atoms with Crippen LogP contribution < -0.4 is 5.73 Å². The molecule has 0 aliphatic rings. The van der Waals surface area contributed by atoms with Gasteiger partial charge in [0.05, 0.1) is 6.61 Å². The van der Waals surface area contributed by atoms with E-state index in [2.05, 4.69) is 15.9 Å². The molecule has 0 saturated heterocycles. The Morgan fingerprint density at radius 3 is 2.57 bits per heavy atom. The fourth-order valence-corrected chi connectivity index (χ4v) is 1.36. The molecule has 0 aliphatic heterocycles. The number of nitrogens with two attached hydrogens (primary N) is 1. The minimum absolute atomic E-state index is 0.163. The third-order valence-corrected chi connectivity index (χ3v) is 2.44. The van der Waals surface area contributed by atoms with Crippen LogP contribution in [0.4, 0.5) is 4.79 Å². The number of hydrogen-bond donors (Lipinski definition) is 1. The molecule has 0 saturated carbocycles. The Bertz CT molecular complexity index is 310. The van der Waals surface area contributed by atoms with Crippen LogP contribution in [-0.2, 0) is 4.74 Å². The smallest absolute Gasteiger partial charge is 0.404 e. The highest BCUT2D eigenvalue weighted by Gasteiger charge is 2.06. The molecular weight excluding hydrogens is 246 g/mol. The summed E-state index contributed by atoms with van der Waals surface area (Å²) in [4.78, 5) is 10.4. The lowest BCUT2D eigenvalue weighted by molar-refractivity contribution is 0.151. The van der Waals surface area contributed by atoms with Gasteiger partial charge in [-0.3, -0.25) is 0 Å². The van der Waals surface area contributed by atoms with Crippen LogP contribution in [0.3, 0.4) is 0 Å². The Hall–Kier alpha value is -1.03. The van der Waals surface area contributed by atoms with Gasteiger partial charge in [0.25, 0.3) is 0 Å². The van der Waals surface area contributed by atoms with Gasteiger partial charge in [-0.05, 0) is 17.7 Å². The van der Waals surface area contributed by atoms with Gasteiger partial charge >= 0.3 is 6.09 Å². The highest BCUT2D eigenvalue weighted by molar-refractivity contribution is 9.10. The minimum Gasteiger partial charge on any atom is -0.449 e. The van der Waals surface area contributed by atoms with E-state index in [4.69, 9.17) is 10.5 Å². The molecule has 0 bridgehead atoms. The van der Waals surface area contributed by atoms with Crippen molar-refractivity contribution in [2.24, 2.45) is 5.73 Å². The maximum absolute atomic E-state index is 10.4. The maximum atomic E-state index is 10.4. The van der Waals surface area contributed by atoms with Gasteiger partial charge in [-0.15, -0.1) is 0 Å². The number of carbonyl (C=O) groups is 1. The highest BCUT2D eigenvalue weighted by Crippen LogP contribution is 2.18. The summed E-state index contributed by atoms with van der Waals surface area (Å²) in [6, 6.07) is 7.88. The van der Waals surface area contributed by atoms with E-state index < -0.39 is 6.09 Å². The van der Waals surface area contributed by atoms with Gasteiger partial charge in [0.1, 0.15) is 0 Å². The van der Waals surface area contributed by atoms with Crippen LogP contribution in [-0.4, -0.2) is 12.7 Å². The molecule has 0 spiro atoms. The van der Waals surface area contributed by atoms with Crippen molar-refractivity contribution in [2.75, 3.05) is 6.61 Å². The molecule has 1 amide bonds. The molecule has 0 heterocycles. The first-order chi connectivity index (χ1) is 6.59. The second-order valence-electron chi connectivity index (χ2n) is 3.08. The zero-order valence-electron chi connectivity index (χ0n) is 7.87. The Balaban J connectivity index is 2.56. The van der Waals surface area contributed by atoms with Gasteiger partial charge < -0.3 is 10.5 Å². The maximum Gasteiger partial charge on any atom is 0.404 e. The van der Waals surface area contributed by atoms with Gasteiger partial charge in [0, 0.05) is 10.4 Å². The summed E-state index contributed by atoms with van der Waals surface area (Å²) in [6.07, 6.45) is -0.728. The van der Waals surface area contributed by atoms with E-state index in [-0.39, 0.29) is 5.92 Å². The molecule has 4 heteroatoms. The second kappa shape index (κ2) is 5.00. The van der Waals surface area contributed by atoms with E-state index in [1.807, 2.05) is 31.2 Å². The van der Waals surface area contributed by atoms with Crippen molar-refractivity contribution in [3.63, 3.8) is 0 Å². The second-order valence-corrected chi connectivity index (χ2v) is 4.00. The summed E-state index contributed by atoms with van der Waals surface area (Å²) in [5.74, 6) is 0.163. The van der Waals surface area contributed by atoms with Crippen LogP contribution in [0.15, 0.2) is 28.7 Å². The van der Waals surface area contributed by atoms with Gasteiger partial charge in [-0.25, -0.2) is 4.79 Å². The first-order valence-corrected chi connectivity index (χ1v) is 5.06. The van der Waals surface area contributed by atoms with Crippen molar-refractivity contribution >= 4 is 22.0 Å². The molecule has 1 atom stereocenters. The topological polar surface area (TPSA) is 52.3 Å². The summed E-state index contributed by atoms with van der Waals surface area (Å²) in [5, 5.41) is 0. The number of primary amides is 1. The van der Waals surface area contributed by atoms with E-state index in [0.717, 1.165) is 10.0 Å². The molecule has 0 aromatic heterocycles. The zero-order valence-corrected chi connectivity index (χ0v) is 9.45. The molecule has 0 fully saturated rings. The van der Waals surface area contributed by atoms with Crippen LogP contribution in [0.2, 0.25) is 0 Å². The summed E-state index contributed by atoms with van der Waals surface area (Å²) in [6.45, 7) is 2.29. The van der Waals surface area contributed by atoms with Crippen molar-refractivity contribution < 1.29 is 9.53 Å². The van der Waals surface area contributed by atoms with Gasteiger partial charge in [-0.2, -0.15) is 0 Å². The predicted octanol–water partition coefficient (Wildman–Crippen LogP) is 2.65. The standard InChI is InChI=1S/C10H12BrNO2/c1-7(6-14-10(12)13)8-2-4-9(11)5-3-8/h2-5,7H,6H2,1H3,(H2,12,13)/t7-/m1/s1. The van der Waals surface area contributed by atoms with Crippen LogP contribution >= 0.6 is 15.9 Å². The van der Waals surface area contributed by atoms with Crippen molar-refractivity contribution in [1.82, 2.24) is 0 Å². The summed E-state index contributed by atoms with van der Waals surface area (Å²) < 4.78 is 5.75. The molecule has 0 radical (unpaired) electrons. The molecule has 76 valence electrons. The van der Waals surface area contributed by atoms with E-state index in [0.29, 0.717) is 6.61 Å². The Kier molecular flexibility index (Phi) is 3.95. The molecule has 1 rings (SSSR count). The SMILES string of the molecule is C[C@H](COC(N)=O)c1ccc(Br)cc1. The third-order valence-electron chi connectivity index (χ3n) is 1.91. The third kappa shape index (κ3) is 3.38. The summed E-state index contributed by atoms with van der Waals surface area (Å²) in [5.41, 5.74) is 5.99. The normalized spacial score (nSPS) is 12.1. The van der Waals surface area contributed by atoms with Crippen LogP contribution in [0.5, 0.6) is 0 Å². The van der Waals surface area contributed by atoms with Crippen molar-refractivity contribution in [1.29, 1.82) is 0 Å². The average Bonchev–Trinajstić information content (AvgIpc) is 2.15. The fourth-order valence-electron chi connectivity index (χ4n) is 1.09. The number of halogens is 1. The predicted molar refractivity (Wildman–Crippen MR) is 58.1 cm³/mol. The lowest BCUT2D eigenvalue weighted by atomic mass is 10.0. The van der Waals surface area contributed by atoms with Crippen LogP contribution in [0.1, 0.15) is 18.4 Å². The monoisotopic (exact) mass is 257 g/mol. The Labute approximate surface area is 91.4 Å². The molecule has 14 heavy (non-hydrogen) atoms. The van der Waals surface area contributed by atoms with Gasteiger partial charge in [-0.1, -0.05) is 35.0 Å². The molecule has 1 aromatic rings. The van der Waals surface area contributed by atoms with Gasteiger partial charge in [0.15, 0.2) is 0 Å². The van der Waals surface area contributed by atoms with Crippen molar-refractivity contribution in [3.05, 3.63) is 34.3 Å². The van der Waals surface area contributed by atoms with Crippen LogP contribution in [0.25, 0.3) is 0 Å². The van der Waals surface area contributed by atoms with E-state index in [1.165, 1.54) is 0 Å². The van der Waals surface area contributed by atoms with E-state index in [1.54, 1.807) is 0 Å². The molecule has 3 nitrogen and oxygen atoms in total. The summed E-state index contributed by atoms with van der Waals surface area (Å²) >= 11 is 3.35. The Morgan fingerprint density at radius 1 is 1.50 bits per heavy atom. The first kappa shape index (κ1) is 11.0. The quantitative estimate of drug-likeness (QED) is 0.906. The van der Waals surface area contributed by atoms with Gasteiger partial charge in [0.2, 0.25) is 0 Å². The number of hydrogen-bond acceptors (Lipinski definition) is 2. The number of carbonyl (C=O) groups excluding carboxylic acids is 1. The number of amides is 1.